The maximum Gasteiger partial charge on any atom is 0.412 e. The third-order valence-corrected chi connectivity index (χ3v) is 5.86. The third-order valence-electron chi connectivity index (χ3n) is 5.86. The van der Waals surface area contributed by atoms with Crippen molar-refractivity contribution in [3.8, 4) is 11.3 Å². The van der Waals surface area contributed by atoms with E-state index < -0.39 is 11.7 Å². The quantitative estimate of drug-likeness (QED) is 0.506. The standard InChI is InChI=1S/C25H30N6O3/c1-12-7-16(12)23(32)31-20-9-15-8-18(29-22(26)17(15)10-28-20)21-13(2)19(11-27-14(21)3)30-24(33)34-25(4,5)6/h8-12,16H,7H2,1-6H3,(H2,26,29)(H,30,33)(H,28,31,32)/t12-,16-/m1/s1. The van der Waals surface area contributed by atoms with Crippen molar-refractivity contribution >= 4 is 40.1 Å². The van der Waals surface area contributed by atoms with Crippen molar-refractivity contribution in [3.05, 3.63) is 35.8 Å². The molecule has 3 aromatic heterocycles. The maximum atomic E-state index is 12.3. The van der Waals surface area contributed by atoms with Crippen LogP contribution in [0.2, 0.25) is 0 Å². The SMILES string of the molecule is Cc1ncc(NC(=O)OC(C)(C)C)c(C)c1-c1cc2cc(NC(=O)[C@@H]3C[C@H]3C)ncc2c(N)n1. The molecule has 4 rings (SSSR count). The van der Waals surface area contributed by atoms with Gasteiger partial charge in [-0.3, -0.25) is 15.1 Å². The van der Waals surface area contributed by atoms with Crippen LogP contribution < -0.4 is 16.4 Å². The van der Waals surface area contributed by atoms with E-state index in [-0.39, 0.29) is 11.8 Å². The molecule has 0 saturated heterocycles. The van der Waals surface area contributed by atoms with Crippen molar-refractivity contribution in [1.82, 2.24) is 15.0 Å². The zero-order valence-corrected chi connectivity index (χ0v) is 20.3. The highest BCUT2D eigenvalue weighted by Gasteiger charge is 2.39. The summed E-state index contributed by atoms with van der Waals surface area (Å²) in [5, 5.41) is 7.14. The van der Waals surface area contributed by atoms with E-state index >= 15 is 0 Å². The van der Waals surface area contributed by atoms with Gasteiger partial charge in [-0.05, 0) is 70.0 Å². The van der Waals surface area contributed by atoms with Gasteiger partial charge in [0.2, 0.25) is 5.91 Å². The van der Waals surface area contributed by atoms with Crippen molar-refractivity contribution in [2.75, 3.05) is 16.4 Å². The van der Waals surface area contributed by atoms with E-state index in [1.54, 1.807) is 39.2 Å². The van der Waals surface area contributed by atoms with Crippen LogP contribution in [0.5, 0.6) is 0 Å². The molecule has 1 saturated carbocycles. The number of pyridine rings is 3. The fourth-order valence-electron chi connectivity index (χ4n) is 3.92. The number of carbonyl (C=O) groups excluding carboxylic acids is 2. The van der Waals surface area contributed by atoms with E-state index in [9.17, 15) is 9.59 Å². The normalized spacial score (nSPS) is 17.4. The summed E-state index contributed by atoms with van der Waals surface area (Å²) in [5.74, 6) is 1.23. The number of hydrogen-bond donors (Lipinski definition) is 3. The molecule has 34 heavy (non-hydrogen) atoms. The van der Waals surface area contributed by atoms with Crippen LogP contribution in [0.4, 0.5) is 22.1 Å². The molecule has 3 heterocycles. The van der Waals surface area contributed by atoms with Gasteiger partial charge < -0.3 is 15.8 Å². The number of nitrogens with zero attached hydrogens (tertiary/aromatic N) is 3. The number of ether oxygens (including phenoxy) is 1. The van der Waals surface area contributed by atoms with Crippen molar-refractivity contribution < 1.29 is 14.3 Å². The first-order valence-corrected chi connectivity index (χ1v) is 11.3. The van der Waals surface area contributed by atoms with Gasteiger partial charge in [-0.2, -0.15) is 0 Å². The Hall–Kier alpha value is -3.75. The molecule has 1 aliphatic carbocycles. The number of nitrogen functional groups attached to an aromatic ring is 1. The molecular weight excluding hydrogens is 432 g/mol. The summed E-state index contributed by atoms with van der Waals surface area (Å²) in [4.78, 5) is 38.0. The second-order valence-electron chi connectivity index (χ2n) is 9.88. The molecule has 3 aromatic rings. The lowest BCUT2D eigenvalue weighted by Crippen LogP contribution is -2.27. The van der Waals surface area contributed by atoms with E-state index in [1.165, 1.54) is 0 Å². The lowest BCUT2D eigenvalue weighted by Gasteiger charge is -2.21. The minimum absolute atomic E-state index is 0.0154. The molecule has 0 bridgehead atoms. The number of anilines is 3. The molecule has 1 aliphatic rings. The summed E-state index contributed by atoms with van der Waals surface area (Å²) in [7, 11) is 0. The molecule has 178 valence electrons. The average Bonchev–Trinajstić information content (AvgIpc) is 3.45. The number of hydrogen-bond acceptors (Lipinski definition) is 7. The fourth-order valence-corrected chi connectivity index (χ4v) is 3.92. The molecule has 0 radical (unpaired) electrons. The molecule has 9 heteroatoms. The zero-order valence-electron chi connectivity index (χ0n) is 20.3. The minimum atomic E-state index is -0.619. The molecule has 0 spiro atoms. The highest BCUT2D eigenvalue weighted by molar-refractivity contribution is 5.99. The average molecular weight is 463 g/mol. The molecule has 0 aromatic carbocycles. The van der Waals surface area contributed by atoms with E-state index in [0.717, 1.165) is 28.6 Å². The number of nitrogens with two attached hydrogens (primary N) is 1. The van der Waals surface area contributed by atoms with Gasteiger partial charge in [0, 0.05) is 28.8 Å². The van der Waals surface area contributed by atoms with Gasteiger partial charge in [0.05, 0.1) is 17.6 Å². The molecule has 4 N–H and O–H groups in total. The second-order valence-corrected chi connectivity index (χ2v) is 9.88. The largest absolute Gasteiger partial charge is 0.444 e. The molecule has 0 unspecified atom stereocenters. The van der Waals surface area contributed by atoms with Gasteiger partial charge in [-0.15, -0.1) is 0 Å². The van der Waals surface area contributed by atoms with E-state index in [4.69, 9.17) is 10.5 Å². The number of aryl methyl sites for hydroxylation is 1. The van der Waals surface area contributed by atoms with Crippen molar-refractivity contribution in [2.24, 2.45) is 11.8 Å². The predicted molar refractivity (Wildman–Crippen MR) is 132 cm³/mol. The van der Waals surface area contributed by atoms with Gasteiger partial charge in [-0.25, -0.2) is 14.8 Å². The lowest BCUT2D eigenvalue weighted by atomic mass is 10.0. The topological polar surface area (TPSA) is 132 Å². The summed E-state index contributed by atoms with van der Waals surface area (Å²) in [5.41, 5.74) is 9.07. The first-order valence-electron chi connectivity index (χ1n) is 11.3. The Morgan fingerprint density at radius 1 is 1.12 bits per heavy atom. The fraction of sp³-hybridized carbons (Fsp3) is 0.400. The minimum Gasteiger partial charge on any atom is -0.444 e. The lowest BCUT2D eigenvalue weighted by molar-refractivity contribution is -0.117. The summed E-state index contributed by atoms with van der Waals surface area (Å²) in [6, 6.07) is 3.68. The maximum absolute atomic E-state index is 12.3. The summed E-state index contributed by atoms with van der Waals surface area (Å²) in [6.45, 7) is 11.2. The molecule has 2 atom stereocenters. The highest BCUT2D eigenvalue weighted by Crippen LogP contribution is 2.38. The molecule has 9 nitrogen and oxygen atoms in total. The van der Waals surface area contributed by atoms with Crippen LogP contribution in [0.3, 0.4) is 0 Å². The summed E-state index contributed by atoms with van der Waals surface area (Å²) < 4.78 is 5.37. The Balaban J connectivity index is 1.69. The Kier molecular flexibility index (Phi) is 5.89. The predicted octanol–water partition coefficient (Wildman–Crippen LogP) is 4.83. The monoisotopic (exact) mass is 462 g/mol. The van der Waals surface area contributed by atoms with E-state index in [0.29, 0.717) is 34.3 Å². The Morgan fingerprint density at radius 2 is 1.82 bits per heavy atom. The second kappa shape index (κ2) is 8.55. The third kappa shape index (κ3) is 4.93. The molecular formula is C25H30N6O3. The van der Waals surface area contributed by atoms with Gasteiger partial charge in [0.1, 0.15) is 17.2 Å². The van der Waals surface area contributed by atoms with Crippen LogP contribution in [-0.2, 0) is 9.53 Å². The van der Waals surface area contributed by atoms with Crippen molar-refractivity contribution in [3.63, 3.8) is 0 Å². The number of amides is 2. The van der Waals surface area contributed by atoms with Gasteiger partial charge in [-0.1, -0.05) is 6.92 Å². The number of carbonyl (C=O) groups is 2. The number of nitrogens with one attached hydrogen (secondary N) is 2. The van der Waals surface area contributed by atoms with Crippen LogP contribution in [0, 0.1) is 25.7 Å². The van der Waals surface area contributed by atoms with Crippen LogP contribution >= 0.6 is 0 Å². The van der Waals surface area contributed by atoms with Crippen molar-refractivity contribution in [2.45, 2.75) is 53.6 Å². The molecule has 2 amide bonds. The number of rotatable bonds is 4. The smallest absolute Gasteiger partial charge is 0.412 e. The number of fused-ring (bicyclic) bond motifs is 1. The first kappa shape index (κ1) is 23.4. The van der Waals surface area contributed by atoms with Gasteiger partial charge >= 0.3 is 6.09 Å². The van der Waals surface area contributed by atoms with Crippen LogP contribution in [-0.4, -0.2) is 32.6 Å². The first-order chi connectivity index (χ1) is 15.9. The van der Waals surface area contributed by atoms with Crippen LogP contribution in [0.25, 0.3) is 22.0 Å². The summed E-state index contributed by atoms with van der Waals surface area (Å²) in [6.07, 6.45) is 3.55. The molecule has 0 aliphatic heterocycles. The molecule has 1 fully saturated rings. The van der Waals surface area contributed by atoms with Crippen molar-refractivity contribution in [1.29, 1.82) is 0 Å². The summed E-state index contributed by atoms with van der Waals surface area (Å²) >= 11 is 0. The van der Waals surface area contributed by atoms with Gasteiger partial charge in [0.15, 0.2) is 0 Å². The highest BCUT2D eigenvalue weighted by atomic mass is 16.6. The Labute approximate surface area is 198 Å². The Morgan fingerprint density at radius 3 is 2.47 bits per heavy atom. The van der Waals surface area contributed by atoms with E-state index in [2.05, 4.69) is 32.5 Å². The zero-order chi connectivity index (χ0) is 24.8. The van der Waals surface area contributed by atoms with Crippen LogP contribution in [0.1, 0.15) is 45.4 Å². The Bertz CT molecular complexity index is 1300. The van der Waals surface area contributed by atoms with Gasteiger partial charge in [0.25, 0.3) is 0 Å². The number of aromatic nitrogens is 3. The van der Waals surface area contributed by atoms with E-state index in [1.807, 2.05) is 19.9 Å². The van der Waals surface area contributed by atoms with Crippen LogP contribution in [0.15, 0.2) is 24.5 Å².